The molecule has 1 atom stereocenters. The molecule has 0 heterocycles. The molecule has 0 aliphatic rings. The molecule has 0 aromatic carbocycles. The first-order valence-electron chi connectivity index (χ1n) is 31.7. The summed E-state index contributed by atoms with van der Waals surface area (Å²) in [5, 5.41) is 0. The fraction of sp³-hybridized carbons (Fsp3) is 0.922. The van der Waals surface area contributed by atoms with Gasteiger partial charge in [-0.1, -0.05) is 309 Å². The minimum absolute atomic E-state index is 0.0652. The summed E-state index contributed by atoms with van der Waals surface area (Å²) in [4.78, 5) is 38.0. The van der Waals surface area contributed by atoms with Crippen LogP contribution in [0, 0.1) is 0 Å². The lowest BCUT2D eigenvalue weighted by molar-refractivity contribution is -0.167. The highest BCUT2D eigenvalue weighted by Gasteiger charge is 2.19. The highest BCUT2D eigenvalue weighted by molar-refractivity contribution is 5.71. The van der Waals surface area contributed by atoms with Gasteiger partial charge in [0.25, 0.3) is 0 Å². The molecule has 414 valence electrons. The molecule has 0 bridgehead atoms. The summed E-state index contributed by atoms with van der Waals surface area (Å²) >= 11 is 0. The van der Waals surface area contributed by atoms with E-state index in [1.165, 1.54) is 263 Å². The lowest BCUT2D eigenvalue weighted by Crippen LogP contribution is -2.30. The van der Waals surface area contributed by atoms with Gasteiger partial charge in [-0.05, 0) is 44.9 Å². The van der Waals surface area contributed by atoms with Crippen LogP contribution in [0.2, 0.25) is 0 Å². The quantitative estimate of drug-likeness (QED) is 0.0261. The van der Waals surface area contributed by atoms with Crippen molar-refractivity contribution in [3.05, 3.63) is 12.2 Å². The normalized spacial score (nSPS) is 12.0. The lowest BCUT2D eigenvalue weighted by Gasteiger charge is -2.18. The molecule has 0 aliphatic carbocycles. The molecular weight excluding hydrogens is 865 g/mol. The van der Waals surface area contributed by atoms with Crippen molar-refractivity contribution in [1.29, 1.82) is 0 Å². The summed E-state index contributed by atoms with van der Waals surface area (Å²) in [5.41, 5.74) is 0. The average Bonchev–Trinajstić information content (AvgIpc) is 3.36. The Labute approximate surface area is 437 Å². The number of esters is 3. The Morgan fingerprint density at radius 2 is 0.471 bits per heavy atom. The van der Waals surface area contributed by atoms with Crippen LogP contribution in [0.4, 0.5) is 0 Å². The SMILES string of the molecule is CCCCCCCC/C=C\CCCCCCCCCCCC(=O)OC(COC(=O)CCCCCCCCC)COC(=O)CCCCCCCCCCCCCCCCCCCCCCCCCCCC. The van der Waals surface area contributed by atoms with E-state index < -0.39 is 6.10 Å². The Bertz CT molecular complexity index is 1090. The summed E-state index contributed by atoms with van der Waals surface area (Å²) in [5.74, 6) is -0.849. The first-order valence-corrected chi connectivity index (χ1v) is 31.7. The van der Waals surface area contributed by atoms with Gasteiger partial charge in [0, 0.05) is 19.3 Å². The van der Waals surface area contributed by atoms with Crippen molar-refractivity contribution in [1.82, 2.24) is 0 Å². The van der Waals surface area contributed by atoms with Crippen LogP contribution in [-0.2, 0) is 28.6 Å². The second-order valence-corrected chi connectivity index (χ2v) is 21.7. The summed E-state index contributed by atoms with van der Waals surface area (Å²) in [7, 11) is 0. The standard InChI is InChI=1S/C64H122O6/c1-4-7-10-13-16-18-20-22-24-26-28-29-30-31-32-33-34-36-37-39-41-43-45-48-51-54-57-63(66)69-60-61(59-68-62(65)56-53-50-47-15-12-9-6-3)70-64(67)58-55-52-49-46-44-42-40-38-35-27-25-23-21-19-17-14-11-8-5-2/h23,25,61H,4-22,24,26-60H2,1-3H3/b25-23-. The number of ether oxygens (including phenoxy) is 3. The smallest absolute Gasteiger partial charge is 0.306 e. The van der Waals surface area contributed by atoms with Gasteiger partial charge in [0.2, 0.25) is 0 Å². The number of carbonyl (C=O) groups is 3. The zero-order valence-corrected chi connectivity index (χ0v) is 47.6. The van der Waals surface area contributed by atoms with Crippen LogP contribution >= 0.6 is 0 Å². The Kier molecular flexibility index (Phi) is 58.1. The molecule has 0 fully saturated rings. The number of carbonyl (C=O) groups excluding carboxylic acids is 3. The van der Waals surface area contributed by atoms with E-state index in [1.807, 2.05) is 0 Å². The third kappa shape index (κ3) is 57.1. The first kappa shape index (κ1) is 68.2. The van der Waals surface area contributed by atoms with Gasteiger partial charge >= 0.3 is 17.9 Å². The van der Waals surface area contributed by atoms with E-state index in [0.717, 1.165) is 57.8 Å². The molecule has 0 amide bonds. The number of allylic oxidation sites excluding steroid dienone is 2. The van der Waals surface area contributed by atoms with Crippen LogP contribution in [0.3, 0.4) is 0 Å². The number of unbranched alkanes of at least 4 members (excludes halogenated alkanes) is 46. The summed E-state index contributed by atoms with van der Waals surface area (Å²) in [6.45, 7) is 6.66. The minimum Gasteiger partial charge on any atom is -0.462 e. The van der Waals surface area contributed by atoms with Crippen LogP contribution in [-0.4, -0.2) is 37.2 Å². The van der Waals surface area contributed by atoms with Gasteiger partial charge < -0.3 is 14.2 Å². The highest BCUT2D eigenvalue weighted by atomic mass is 16.6. The molecule has 6 heteroatoms. The largest absolute Gasteiger partial charge is 0.462 e. The lowest BCUT2D eigenvalue weighted by atomic mass is 10.0. The molecular formula is C64H122O6. The van der Waals surface area contributed by atoms with Crippen molar-refractivity contribution in [3.63, 3.8) is 0 Å². The van der Waals surface area contributed by atoms with Crippen LogP contribution in [0.15, 0.2) is 12.2 Å². The molecule has 1 unspecified atom stereocenters. The third-order valence-corrected chi connectivity index (χ3v) is 14.5. The maximum Gasteiger partial charge on any atom is 0.306 e. The molecule has 0 aromatic heterocycles. The van der Waals surface area contributed by atoms with Crippen LogP contribution < -0.4 is 0 Å². The van der Waals surface area contributed by atoms with E-state index in [-0.39, 0.29) is 31.1 Å². The number of hydrogen-bond donors (Lipinski definition) is 0. The van der Waals surface area contributed by atoms with Gasteiger partial charge in [0.05, 0.1) is 0 Å². The maximum absolute atomic E-state index is 12.8. The van der Waals surface area contributed by atoms with Gasteiger partial charge in [-0.25, -0.2) is 0 Å². The minimum atomic E-state index is -0.765. The Balaban J connectivity index is 4.05. The van der Waals surface area contributed by atoms with E-state index in [2.05, 4.69) is 32.9 Å². The van der Waals surface area contributed by atoms with E-state index in [1.54, 1.807) is 0 Å². The van der Waals surface area contributed by atoms with Crippen molar-refractivity contribution >= 4 is 17.9 Å². The third-order valence-electron chi connectivity index (χ3n) is 14.5. The summed E-state index contributed by atoms with van der Waals surface area (Å²) in [6.07, 6.45) is 69.7. The molecule has 0 saturated heterocycles. The second-order valence-electron chi connectivity index (χ2n) is 21.7. The van der Waals surface area contributed by atoms with E-state index in [4.69, 9.17) is 14.2 Å². The Morgan fingerprint density at radius 1 is 0.271 bits per heavy atom. The Morgan fingerprint density at radius 3 is 0.714 bits per heavy atom. The van der Waals surface area contributed by atoms with Gasteiger partial charge in [-0.2, -0.15) is 0 Å². The number of rotatable bonds is 59. The summed E-state index contributed by atoms with van der Waals surface area (Å²) in [6, 6.07) is 0. The van der Waals surface area contributed by atoms with Crippen LogP contribution in [0.1, 0.15) is 361 Å². The summed E-state index contributed by atoms with van der Waals surface area (Å²) < 4.78 is 16.8. The average molecular weight is 988 g/mol. The topological polar surface area (TPSA) is 78.9 Å². The van der Waals surface area contributed by atoms with Crippen molar-refractivity contribution in [2.45, 2.75) is 367 Å². The molecule has 0 N–H and O–H groups in total. The van der Waals surface area contributed by atoms with E-state index >= 15 is 0 Å². The number of hydrogen-bond acceptors (Lipinski definition) is 6. The van der Waals surface area contributed by atoms with Crippen LogP contribution in [0.25, 0.3) is 0 Å². The van der Waals surface area contributed by atoms with Crippen molar-refractivity contribution < 1.29 is 28.6 Å². The fourth-order valence-electron chi connectivity index (χ4n) is 9.74. The molecule has 0 aliphatic heterocycles. The zero-order chi connectivity index (χ0) is 50.7. The second kappa shape index (κ2) is 59.7. The van der Waals surface area contributed by atoms with Crippen LogP contribution in [0.5, 0.6) is 0 Å². The van der Waals surface area contributed by atoms with Gasteiger partial charge in [0.1, 0.15) is 13.2 Å². The highest BCUT2D eigenvalue weighted by Crippen LogP contribution is 2.18. The van der Waals surface area contributed by atoms with Gasteiger partial charge in [0.15, 0.2) is 6.10 Å². The molecule has 0 radical (unpaired) electrons. The zero-order valence-electron chi connectivity index (χ0n) is 47.6. The maximum atomic E-state index is 12.8. The fourth-order valence-corrected chi connectivity index (χ4v) is 9.74. The molecule has 0 saturated carbocycles. The van der Waals surface area contributed by atoms with E-state index in [0.29, 0.717) is 19.3 Å². The predicted molar refractivity (Wildman–Crippen MR) is 303 cm³/mol. The Hall–Kier alpha value is -1.85. The molecule has 0 rings (SSSR count). The van der Waals surface area contributed by atoms with E-state index in [9.17, 15) is 14.4 Å². The van der Waals surface area contributed by atoms with Gasteiger partial charge in [-0.15, -0.1) is 0 Å². The van der Waals surface area contributed by atoms with Crippen molar-refractivity contribution in [2.24, 2.45) is 0 Å². The van der Waals surface area contributed by atoms with Crippen molar-refractivity contribution in [3.8, 4) is 0 Å². The molecule has 0 spiro atoms. The molecule has 6 nitrogen and oxygen atoms in total. The molecule has 70 heavy (non-hydrogen) atoms. The van der Waals surface area contributed by atoms with Gasteiger partial charge in [-0.3, -0.25) is 14.4 Å². The molecule has 0 aromatic rings. The first-order chi connectivity index (χ1) is 34.5. The van der Waals surface area contributed by atoms with Crippen molar-refractivity contribution in [2.75, 3.05) is 13.2 Å². The monoisotopic (exact) mass is 987 g/mol. The predicted octanol–water partition coefficient (Wildman–Crippen LogP) is 21.3.